The molecule has 0 saturated carbocycles. The molecule has 17 heavy (non-hydrogen) atoms. The molecule has 0 aromatic heterocycles. The number of amides is 1. The predicted molar refractivity (Wildman–Crippen MR) is 67.4 cm³/mol. The molecule has 0 aliphatic rings. The number of carbonyl (C=O) groups is 1. The van der Waals surface area contributed by atoms with Crippen LogP contribution in [-0.2, 0) is 17.9 Å². The van der Waals surface area contributed by atoms with Gasteiger partial charge >= 0.3 is 0 Å². The highest BCUT2D eigenvalue weighted by molar-refractivity contribution is 5.78. The monoisotopic (exact) mass is 236 g/mol. The highest BCUT2D eigenvalue weighted by atomic mass is 16.3. The summed E-state index contributed by atoms with van der Waals surface area (Å²) in [5.74, 6) is -0.00156. The first-order valence-corrected chi connectivity index (χ1v) is 5.80. The number of carbonyl (C=O) groups excluding carboxylic acids is 1. The van der Waals surface area contributed by atoms with E-state index in [2.05, 4.69) is 10.6 Å². The Morgan fingerprint density at radius 1 is 1.35 bits per heavy atom. The summed E-state index contributed by atoms with van der Waals surface area (Å²) in [5, 5.41) is 14.9. The van der Waals surface area contributed by atoms with Crippen LogP contribution >= 0.6 is 0 Å². The molecule has 0 aliphatic carbocycles. The third kappa shape index (κ3) is 5.47. The molecule has 1 rings (SSSR count). The standard InChI is InChI=1S/C13H20N2O2/c1-10(2)15-13(17)8-14-7-11-4-3-5-12(6-11)9-16/h3-6,10,14,16H,7-9H2,1-2H3,(H,15,17). The molecule has 0 radical (unpaired) electrons. The van der Waals surface area contributed by atoms with Crippen LogP contribution in [0, 0.1) is 0 Å². The van der Waals surface area contributed by atoms with E-state index in [9.17, 15) is 4.79 Å². The molecule has 0 heterocycles. The molecular weight excluding hydrogens is 216 g/mol. The normalized spacial score (nSPS) is 10.6. The Bertz CT molecular complexity index is 364. The van der Waals surface area contributed by atoms with Crippen molar-refractivity contribution in [2.45, 2.75) is 33.0 Å². The van der Waals surface area contributed by atoms with E-state index in [-0.39, 0.29) is 18.6 Å². The molecule has 4 heteroatoms. The van der Waals surface area contributed by atoms with Gasteiger partial charge in [-0.2, -0.15) is 0 Å². The van der Waals surface area contributed by atoms with Gasteiger partial charge in [0, 0.05) is 12.6 Å². The predicted octanol–water partition coefficient (Wildman–Crippen LogP) is 0.793. The van der Waals surface area contributed by atoms with E-state index in [1.807, 2.05) is 38.1 Å². The van der Waals surface area contributed by atoms with Crippen LogP contribution in [-0.4, -0.2) is 23.6 Å². The number of benzene rings is 1. The van der Waals surface area contributed by atoms with E-state index < -0.39 is 0 Å². The maximum atomic E-state index is 11.4. The van der Waals surface area contributed by atoms with Crippen molar-refractivity contribution < 1.29 is 9.90 Å². The van der Waals surface area contributed by atoms with Gasteiger partial charge in [-0.05, 0) is 25.0 Å². The summed E-state index contributed by atoms with van der Waals surface area (Å²) in [4.78, 5) is 11.4. The summed E-state index contributed by atoms with van der Waals surface area (Å²) in [5.41, 5.74) is 1.95. The molecule has 1 aromatic carbocycles. The van der Waals surface area contributed by atoms with E-state index in [4.69, 9.17) is 5.11 Å². The van der Waals surface area contributed by atoms with Crippen LogP contribution in [0.4, 0.5) is 0 Å². The van der Waals surface area contributed by atoms with Gasteiger partial charge in [0.25, 0.3) is 0 Å². The van der Waals surface area contributed by atoms with Crippen LogP contribution in [0.3, 0.4) is 0 Å². The molecule has 0 atom stereocenters. The van der Waals surface area contributed by atoms with Gasteiger partial charge < -0.3 is 15.7 Å². The van der Waals surface area contributed by atoms with Gasteiger partial charge in [-0.1, -0.05) is 24.3 Å². The minimum absolute atomic E-state index is 0.00156. The first-order chi connectivity index (χ1) is 8.11. The Labute approximate surface area is 102 Å². The average Bonchev–Trinajstić information content (AvgIpc) is 2.28. The van der Waals surface area contributed by atoms with Crippen molar-refractivity contribution in [1.29, 1.82) is 0 Å². The molecule has 0 aliphatic heterocycles. The molecule has 0 unspecified atom stereocenters. The van der Waals surface area contributed by atoms with Crippen LogP contribution in [0.25, 0.3) is 0 Å². The quantitative estimate of drug-likeness (QED) is 0.684. The van der Waals surface area contributed by atoms with Crippen molar-refractivity contribution in [3.8, 4) is 0 Å². The number of aliphatic hydroxyl groups excluding tert-OH is 1. The van der Waals surface area contributed by atoms with Crippen LogP contribution in [0.2, 0.25) is 0 Å². The number of rotatable bonds is 6. The largest absolute Gasteiger partial charge is 0.392 e. The smallest absolute Gasteiger partial charge is 0.234 e. The van der Waals surface area contributed by atoms with E-state index >= 15 is 0 Å². The number of nitrogens with one attached hydrogen (secondary N) is 2. The first kappa shape index (κ1) is 13.7. The van der Waals surface area contributed by atoms with Crippen molar-refractivity contribution in [3.63, 3.8) is 0 Å². The fourth-order valence-corrected chi connectivity index (χ4v) is 1.53. The molecule has 0 spiro atoms. The third-order valence-corrected chi connectivity index (χ3v) is 2.24. The highest BCUT2D eigenvalue weighted by Crippen LogP contribution is 2.04. The zero-order valence-corrected chi connectivity index (χ0v) is 10.4. The van der Waals surface area contributed by atoms with Gasteiger partial charge in [0.2, 0.25) is 5.91 Å². The maximum Gasteiger partial charge on any atom is 0.234 e. The Balaban J connectivity index is 2.32. The summed E-state index contributed by atoms with van der Waals surface area (Å²) in [6.07, 6.45) is 0. The summed E-state index contributed by atoms with van der Waals surface area (Å²) in [7, 11) is 0. The molecule has 0 fully saturated rings. The van der Waals surface area contributed by atoms with E-state index in [0.717, 1.165) is 11.1 Å². The van der Waals surface area contributed by atoms with Crippen LogP contribution in [0.15, 0.2) is 24.3 Å². The Hall–Kier alpha value is -1.39. The lowest BCUT2D eigenvalue weighted by Gasteiger charge is -2.09. The summed E-state index contributed by atoms with van der Waals surface area (Å²) >= 11 is 0. The molecule has 0 bridgehead atoms. The van der Waals surface area contributed by atoms with Crippen molar-refractivity contribution in [1.82, 2.24) is 10.6 Å². The fourth-order valence-electron chi connectivity index (χ4n) is 1.53. The summed E-state index contributed by atoms with van der Waals surface area (Å²) in [6, 6.07) is 7.83. The first-order valence-electron chi connectivity index (χ1n) is 5.80. The second kappa shape index (κ2) is 7.04. The van der Waals surface area contributed by atoms with Gasteiger partial charge in [0.05, 0.1) is 13.2 Å². The number of aliphatic hydroxyl groups is 1. The lowest BCUT2D eigenvalue weighted by Crippen LogP contribution is -2.37. The molecule has 1 amide bonds. The van der Waals surface area contributed by atoms with Crippen LogP contribution in [0.5, 0.6) is 0 Å². The van der Waals surface area contributed by atoms with E-state index in [0.29, 0.717) is 13.1 Å². The molecule has 3 N–H and O–H groups in total. The van der Waals surface area contributed by atoms with Gasteiger partial charge in [0.15, 0.2) is 0 Å². The molecule has 0 saturated heterocycles. The lowest BCUT2D eigenvalue weighted by molar-refractivity contribution is -0.120. The van der Waals surface area contributed by atoms with Gasteiger partial charge in [-0.25, -0.2) is 0 Å². The van der Waals surface area contributed by atoms with Gasteiger partial charge in [-0.15, -0.1) is 0 Å². The molecule has 94 valence electrons. The number of hydrogen-bond donors (Lipinski definition) is 3. The van der Waals surface area contributed by atoms with Crippen molar-refractivity contribution >= 4 is 5.91 Å². The molecule has 4 nitrogen and oxygen atoms in total. The topological polar surface area (TPSA) is 61.4 Å². The Kier molecular flexibility index (Phi) is 5.66. The molecular formula is C13H20N2O2. The van der Waals surface area contributed by atoms with Crippen LogP contribution in [0.1, 0.15) is 25.0 Å². The van der Waals surface area contributed by atoms with Crippen molar-refractivity contribution in [2.24, 2.45) is 0 Å². The highest BCUT2D eigenvalue weighted by Gasteiger charge is 2.02. The Morgan fingerprint density at radius 3 is 2.71 bits per heavy atom. The summed E-state index contributed by atoms with van der Waals surface area (Å²) in [6.45, 7) is 4.84. The fraction of sp³-hybridized carbons (Fsp3) is 0.462. The second-order valence-corrected chi connectivity index (χ2v) is 4.30. The van der Waals surface area contributed by atoms with E-state index in [1.165, 1.54) is 0 Å². The average molecular weight is 236 g/mol. The second-order valence-electron chi connectivity index (χ2n) is 4.30. The summed E-state index contributed by atoms with van der Waals surface area (Å²) < 4.78 is 0. The van der Waals surface area contributed by atoms with Crippen molar-refractivity contribution in [3.05, 3.63) is 35.4 Å². The Morgan fingerprint density at radius 2 is 2.06 bits per heavy atom. The van der Waals surface area contributed by atoms with Crippen molar-refractivity contribution in [2.75, 3.05) is 6.54 Å². The lowest BCUT2D eigenvalue weighted by atomic mass is 10.1. The number of hydrogen-bond acceptors (Lipinski definition) is 3. The van der Waals surface area contributed by atoms with Crippen LogP contribution < -0.4 is 10.6 Å². The SMILES string of the molecule is CC(C)NC(=O)CNCc1cccc(CO)c1. The minimum atomic E-state index is -0.00156. The van der Waals surface area contributed by atoms with Gasteiger partial charge in [0.1, 0.15) is 0 Å². The molecule has 1 aromatic rings. The van der Waals surface area contributed by atoms with E-state index in [1.54, 1.807) is 0 Å². The minimum Gasteiger partial charge on any atom is -0.392 e. The third-order valence-electron chi connectivity index (χ3n) is 2.24. The maximum absolute atomic E-state index is 11.4. The zero-order chi connectivity index (χ0) is 12.7. The van der Waals surface area contributed by atoms with Gasteiger partial charge in [-0.3, -0.25) is 4.79 Å². The zero-order valence-electron chi connectivity index (χ0n) is 10.4.